The number of esters is 1. The van der Waals surface area contributed by atoms with Gasteiger partial charge in [0.1, 0.15) is 5.82 Å². The molecular weight excluding hydrogens is 275 g/mol. The van der Waals surface area contributed by atoms with Crippen LogP contribution in [-0.2, 0) is 19.7 Å². The molecular formula is C16H21FO4. The van der Waals surface area contributed by atoms with E-state index < -0.39 is 23.2 Å². The van der Waals surface area contributed by atoms with Gasteiger partial charge in [0.25, 0.3) is 0 Å². The van der Waals surface area contributed by atoms with Crippen molar-refractivity contribution in [1.82, 2.24) is 0 Å². The van der Waals surface area contributed by atoms with Crippen molar-refractivity contribution in [3.63, 3.8) is 0 Å². The molecule has 0 aliphatic rings. The molecule has 1 rings (SSSR count). The molecule has 116 valence electrons. The number of ether oxygens (including phenoxy) is 1. The first-order valence-electron chi connectivity index (χ1n) is 7.05. The number of benzene rings is 1. The SMILES string of the molecule is CCOC(=O)C(CC(C)CC)(C(=O)O)c1ccc(F)cc1. The van der Waals surface area contributed by atoms with Crippen LogP contribution < -0.4 is 0 Å². The summed E-state index contributed by atoms with van der Waals surface area (Å²) in [6.45, 7) is 5.52. The second-order valence-electron chi connectivity index (χ2n) is 5.16. The average Bonchev–Trinajstić information content (AvgIpc) is 2.45. The van der Waals surface area contributed by atoms with Crippen molar-refractivity contribution in [3.8, 4) is 0 Å². The molecule has 0 aliphatic heterocycles. The lowest BCUT2D eigenvalue weighted by Crippen LogP contribution is -2.46. The van der Waals surface area contributed by atoms with Crippen LogP contribution in [0.1, 0.15) is 39.2 Å². The average molecular weight is 296 g/mol. The second kappa shape index (κ2) is 7.20. The van der Waals surface area contributed by atoms with Crippen LogP contribution in [0, 0.1) is 11.7 Å². The molecule has 0 heterocycles. The number of hydrogen-bond acceptors (Lipinski definition) is 3. The Kier molecular flexibility index (Phi) is 5.88. The van der Waals surface area contributed by atoms with Crippen molar-refractivity contribution in [2.45, 2.75) is 39.0 Å². The minimum absolute atomic E-state index is 0.00978. The standard InChI is InChI=1S/C16H21FO4/c1-4-11(3)10-16(14(18)19,15(20)21-5-2)12-6-8-13(17)9-7-12/h6-9,11H,4-5,10H2,1-3H3,(H,18,19). The summed E-state index contributed by atoms with van der Waals surface area (Å²) in [5.74, 6) is -2.54. The van der Waals surface area contributed by atoms with Gasteiger partial charge in [0.15, 0.2) is 5.41 Å². The van der Waals surface area contributed by atoms with Crippen LogP contribution >= 0.6 is 0 Å². The minimum atomic E-state index is -1.79. The summed E-state index contributed by atoms with van der Waals surface area (Å²) in [5.41, 5.74) is -1.55. The molecule has 0 amide bonds. The Morgan fingerprint density at radius 3 is 2.29 bits per heavy atom. The summed E-state index contributed by atoms with van der Waals surface area (Å²) in [7, 11) is 0. The van der Waals surface area contributed by atoms with Crippen molar-refractivity contribution < 1.29 is 23.8 Å². The summed E-state index contributed by atoms with van der Waals surface area (Å²) in [6, 6.07) is 4.98. The van der Waals surface area contributed by atoms with Gasteiger partial charge in [-0.25, -0.2) is 4.39 Å². The predicted molar refractivity (Wildman–Crippen MR) is 76.4 cm³/mol. The van der Waals surface area contributed by atoms with Gasteiger partial charge in [-0.2, -0.15) is 0 Å². The maximum atomic E-state index is 13.1. The Morgan fingerprint density at radius 1 is 1.29 bits per heavy atom. The van der Waals surface area contributed by atoms with Gasteiger partial charge in [-0.3, -0.25) is 9.59 Å². The van der Waals surface area contributed by atoms with Crippen molar-refractivity contribution >= 4 is 11.9 Å². The Bertz CT molecular complexity index is 498. The van der Waals surface area contributed by atoms with Crippen LogP contribution in [-0.4, -0.2) is 23.7 Å². The van der Waals surface area contributed by atoms with Gasteiger partial charge in [-0.05, 0) is 37.0 Å². The molecule has 0 spiro atoms. The monoisotopic (exact) mass is 296 g/mol. The number of carboxylic acids is 1. The number of carbonyl (C=O) groups is 2. The number of rotatable bonds is 7. The minimum Gasteiger partial charge on any atom is -0.480 e. The third-order valence-corrected chi connectivity index (χ3v) is 3.68. The highest BCUT2D eigenvalue weighted by Gasteiger charge is 2.50. The van der Waals surface area contributed by atoms with Gasteiger partial charge in [-0.1, -0.05) is 32.4 Å². The number of carboxylic acid groups (broad SMARTS) is 1. The molecule has 1 aromatic rings. The Balaban J connectivity index is 3.39. The first-order valence-corrected chi connectivity index (χ1v) is 7.05. The topological polar surface area (TPSA) is 63.6 Å². The zero-order valence-electron chi connectivity index (χ0n) is 12.6. The number of carbonyl (C=O) groups excluding carboxylic acids is 1. The summed E-state index contributed by atoms with van der Waals surface area (Å²) in [6.07, 6.45) is 0.846. The third kappa shape index (κ3) is 3.60. The highest BCUT2D eigenvalue weighted by atomic mass is 19.1. The summed E-state index contributed by atoms with van der Waals surface area (Å²) >= 11 is 0. The van der Waals surface area contributed by atoms with Crippen LogP contribution in [0.3, 0.4) is 0 Å². The normalized spacial score (nSPS) is 15.0. The van der Waals surface area contributed by atoms with Gasteiger partial charge >= 0.3 is 11.9 Å². The molecule has 0 aromatic heterocycles. The fourth-order valence-corrected chi connectivity index (χ4v) is 2.27. The van der Waals surface area contributed by atoms with Crippen LogP contribution in [0.5, 0.6) is 0 Å². The van der Waals surface area contributed by atoms with E-state index in [1.54, 1.807) is 6.92 Å². The van der Waals surface area contributed by atoms with E-state index in [9.17, 15) is 19.1 Å². The molecule has 0 saturated heterocycles. The zero-order valence-corrected chi connectivity index (χ0v) is 12.6. The van der Waals surface area contributed by atoms with Crippen LogP contribution in [0.15, 0.2) is 24.3 Å². The van der Waals surface area contributed by atoms with Gasteiger partial charge in [0.05, 0.1) is 6.61 Å². The lowest BCUT2D eigenvalue weighted by molar-refractivity contribution is -0.162. The molecule has 2 atom stereocenters. The van der Waals surface area contributed by atoms with E-state index in [1.807, 2.05) is 13.8 Å². The summed E-state index contributed by atoms with van der Waals surface area (Å²) in [5, 5.41) is 9.69. The van der Waals surface area contributed by atoms with E-state index in [-0.39, 0.29) is 24.5 Å². The lowest BCUT2D eigenvalue weighted by Gasteiger charge is -2.30. The summed E-state index contributed by atoms with van der Waals surface area (Å²) in [4.78, 5) is 24.2. The van der Waals surface area contributed by atoms with Crippen LogP contribution in [0.25, 0.3) is 0 Å². The van der Waals surface area contributed by atoms with Crippen LogP contribution in [0.2, 0.25) is 0 Å². The van der Waals surface area contributed by atoms with Crippen molar-refractivity contribution in [2.75, 3.05) is 6.61 Å². The molecule has 0 saturated carbocycles. The second-order valence-corrected chi connectivity index (χ2v) is 5.16. The molecule has 21 heavy (non-hydrogen) atoms. The number of halogens is 1. The third-order valence-electron chi connectivity index (χ3n) is 3.68. The molecule has 5 heteroatoms. The van der Waals surface area contributed by atoms with Gasteiger partial charge in [0.2, 0.25) is 0 Å². The van der Waals surface area contributed by atoms with Crippen molar-refractivity contribution in [1.29, 1.82) is 0 Å². The first kappa shape index (κ1) is 17.1. The molecule has 2 unspecified atom stereocenters. The Morgan fingerprint density at radius 2 is 1.86 bits per heavy atom. The maximum absolute atomic E-state index is 13.1. The van der Waals surface area contributed by atoms with E-state index >= 15 is 0 Å². The first-order chi connectivity index (χ1) is 9.88. The van der Waals surface area contributed by atoms with E-state index in [0.29, 0.717) is 0 Å². The number of hydrogen-bond donors (Lipinski definition) is 1. The fraction of sp³-hybridized carbons (Fsp3) is 0.500. The molecule has 0 aliphatic carbocycles. The van der Waals surface area contributed by atoms with E-state index in [2.05, 4.69) is 0 Å². The predicted octanol–water partition coefficient (Wildman–Crippen LogP) is 3.15. The quantitative estimate of drug-likeness (QED) is 0.620. The zero-order chi connectivity index (χ0) is 16.0. The molecule has 0 bridgehead atoms. The van der Waals surface area contributed by atoms with Crippen molar-refractivity contribution in [3.05, 3.63) is 35.6 Å². The van der Waals surface area contributed by atoms with Gasteiger partial charge in [-0.15, -0.1) is 0 Å². The fourth-order valence-electron chi connectivity index (χ4n) is 2.27. The maximum Gasteiger partial charge on any atom is 0.328 e. The van der Waals surface area contributed by atoms with E-state index in [1.165, 1.54) is 12.1 Å². The summed E-state index contributed by atoms with van der Waals surface area (Å²) < 4.78 is 18.1. The highest BCUT2D eigenvalue weighted by Crippen LogP contribution is 2.34. The Labute approximate surface area is 123 Å². The van der Waals surface area contributed by atoms with E-state index in [4.69, 9.17) is 4.74 Å². The highest BCUT2D eigenvalue weighted by molar-refractivity contribution is 6.05. The van der Waals surface area contributed by atoms with Crippen LogP contribution in [0.4, 0.5) is 4.39 Å². The lowest BCUT2D eigenvalue weighted by atomic mass is 9.73. The molecule has 0 radical (unpaired) electrons. The molecule has 1 aromatic carbocycles. The molecule has 4 nitrogen and oxygen atoms in total. The smallest absolute Gasteiger partial charge is 0.328 e. The largest absolute Gasteiger partial charge is 0.480 e. The number of aliphatic carboxylic acids is 1. The van der Waals surface area contributed by atoms with Crippen molar-refractivity contribution in [2.24, 2.45) is 5.92 Å². The molecule has 1 N–H and O–H groups in total. The van der Waals surface area contributed by atoms with E-state index in [0.717, 1.165) is 18.6 Å². The molecule has 0 fully saturated rings. The van der Waals surface area contributed by atoms with Gasteiger partial charge < -0.3 is 9.84 Å². The Hall–Kier alpha value is -1.91. The van der Waals surface area contributed by atoms with Gasteiger partial charge in [0, 0.05) is 0 Å².